The van der Waals surface area contributed by atoms with E-state index >= 15 is 0 Å². The van der Waals surface area contributed by atoms with Gasteiger partial charge in [-0.25, -0.2) is 0 Å². The molecule has 0 heterocycles. The Labute approximate surface area is 273 Å². The summed E-state index contributed by atoms with van der Waals surface area (Å²) in [6, 6.07) is 0. The van der Waals surface area contributed by atoms with Crippen LogP contribution < -0.4 is 0 Å². The maximum atomic E-state index is 7.80. The summed E-state index contributed by atoms with van der Waals surface area (Å²) in [6.45, 7) is 0. The van der Waals surface area contributed by atoms with Crippen LogP contribution in [0.4, 0.5) is 0 Å². The second kappa shape index (κ2) is 12.3. The van der Waals surface area contributed by atoms with Crippen molar-refractivity contribution in [2.45, 2.75) is 44.9 Å². The Bertz CT molecular complexity index is 1850. The van der Waals surface area contributed by atoms with Crippen LogP contribution in [0, 0.1) is 40.4 Å². The summed E-state index contributed by atoms with van der Waals surface area (Å²) in [5.41, 5.74) is 15.3. The Kier molecular flexibility index (Phi) is 7.74. The van der Waals surface area contributed by atoms with Crippen molar-refractivity contribution in [2.24, 2.45) is 29.6 Å². The Morgan fingerprint density at radius 3 is 1.57 bits per heavy atom. The molecule has 0 aromatic heterocycles. The van der Waals surface area contributed by atoms with Gasteiger partial charge in [0.05, 0.1) is 0 Å². The van der Waals surface area contributed by atoms with E-state index in [-0.39, 0.29) is 5.92 Å². The van der Waals surface area contributed by atoms with Gasteiger partial charge in [-0.15, -0.1) is 0 Å². The molecule has 0 amide bonds. The molecule has 2 N–H and O–H groups in total. The van der Waals surface area contributed by atoms with Crippen molar-refractivity contribution in [3.8, 4) is 0 Å². The molecule has 8 rings (SSSR count). The van der Waals surface area contributed by atoms with Crippen LogP contribution in [0.25, 0.3) is 0 Å². The van der Waals surface area contributed by atoms with Crippen LogP contribution in [-0.2, 0) is 0 Å². The maximum absolute atomic E-state index is 7.80. The minimum atomic E-state index is 0.228. The molecule has 228 valence electrons. The first-order chi connectivity index (χ1) is 22.7. The smallest absolute Gasteiger partial charge is 0.0210 e. The Hall–Kier alpha value is -4.56. The molecule has 0 aliphatic heterocycles. The van der Waals surface area contributed by atoms with Crippen molar-refractivity contribution < 1.29 is 0 Å². The van der Waals surface area contributed by atoms with Crippen molar-refractivity contribution in [2.75, 3.05) is 0 Å². The van der Waals surface area contributed by atoms with E-state index in [1.54, 1.807) is 6.21 Å². The van der Waals surface area contributed by atoms with E-state index in [1.165, 1.54) is 61.9 Å². The standard InChI is InChI=1S/C44H42N2/c45-27-29-18-20-31(21-19-29)33-10-6-12-35(23-33)41-25-43-40-17-4-2-15-38(40)42(26-44(43)39-16-3-1-14-37(39)41)36-13-7-11-34(24-36)32-9-5-8-30(22-32)28-46/h1-4,9-11,14-18,20-29,37-40,45-46H,5-8,12-13,19H2. The largest absolute Gasteiger partial charge is 0.312 e. The van der Waals surface area contributed by atoms with Crippen LogP contribution in [0.3, 0.4) is 0 Å². The second-order valence-corrected chi connectivity index (χ2v) is 13.6. The number of fused-ring (bicyclic) bond motifs is 4. The van der Waals surface area contributed by atoms with Crippen molar-refractivity contribution >= 4 is 12.4 Å². The molecular formula is C44H42N2. The molecule has 2 heteroatoms. The molecule has 8 aliphatic carbocycles. The highest BCUT2D eigenvalue weighted by Gasteiger charge is 2.40. The van der Waals surface area contributed by atoms with E-state index < -0.39 is 0 Å². The van der Waals surface area contributed by atoms with Gasteiger partial charge in [-0.3, -0.25) is 0 Å². The van der Waals surface area contributed by atoms with Gasteiger partial charge in [-0.2, -0.15) is 0 Å². The fourth-order valence-corrected chi connectivity index (χ4v) is 8.56. The van der Waals surface area contributed by atoms with Crippen LogP contribution in [-0.4, -0.2) is 12.4 Å². The van der Waals surface area contributed by atoms with Gasteiger partial charge in [-0.1, -0.05) is 109 Å². The molecule has 0 saturated carbocycles. The van der Waals surface area contributed by atoms with Gasteiger partial charge in [0.1, 0.15) is 0 Å². The maximum Gasteiger partial charge on any atom is 0.0210 e. The molecule has 0 fully saturated rings. The van der Waals surface area contributed by atoms with Crippen molar-refractivity contribution in [1.29, 1.82) is 10.8 Å². The molecule has 0 spiro atoms. The minimum absolute atomic E-state index is 0.228. The van der Waals surface area contributed by atoms with Gasteiger partial charge < -0.3 is 10.8 Å². The normalized spacial score (nSPS) is 31.0. The molecule has 8 aliphatic rings. The summed E-state index contributed by atoms with van der Waals surface area (Å²) in [6.07, 6.45) is 55.2. The van der Waals surface area contributed by atoms with Crippen molar-refractivity contribution in [3.05, 3.63) is 177 Å². The number of hydrogen-bond donors (Lipinski definition) is 2. The predicted octanol–water partition coefficient (Wildman–Crippen LogP) is 10.6. The molecular weight excluding hydrogens is 556 g/mol. The molecule has 0 bridgehead atoms. The van der Waals surface area contributed by atoms with E-state index in [4.69, 9.17) is 10.8 Å². The molecule has 0 radical (unpaired) electrons. The fraction of sp³-hybridized carbons (Fsp3) is 0.273. The van der Waals surface area contributed by atoms with Crippen molar-refractivity contribution in [3.63, 3.8) is 0 Å². The zero-order chi connectivity index (χ0) is 31.0. The highest BCUT2D eigenvalue weighted by molar-refractivity contribution is 5.78. The van der Waals surface area contributed by atoms with Crippen LogP contribution >= 0.6 is 0 Å². The van der Waals surface area contributed by atoms with Crippen LogP contribution in [0.5, 0.6) is 0 Å². The predicted molar refractivity (Wildman–Crippen MR) is 193 cm³/mol. The molecule has 5 atom stereocenters. The molecule has 0 saturated heterocycles. The third-order valence-electron chi connectivity index (χ3n) is 11.0. The molecule has 5 unspecified atom stereocenters. The summed E-state index contributed by atoms with van der Waals surface area (Å²) in [4.78, 5) is 0. The Balaban J connectivity index is 1.19. The fourth-order valence-electron chi connectivity index (χ4n) is 8.56. The zero-order valence-electron chi connectivity index (χ0n) is 26.5. The number of rotatable bonds is 6. The first kappa shape index (κ1) is 28.9. The van der Waals surface area contributed by atoms with Gasteiger partial charge in [0.2, 0.25) is 0 Å². The van der Waals surface area contributed by atoms with Gasteiger partial charge >= 0.3 is 0 Å². The SMILES string of the molecule is N=CC1=CC(C2=CCCC(C3=CC4=C(C=C(C5=CC(C6=CCC(C=N)C=C6)=CCC5)C5C=CC=CC45)C4C=CC=CC34)=C2)=CCC1. The van der Waals surface area contributed by atoms with Gasteiger partial charge in [0.15, 0.2) is 0 Å². The molecule has 46 heavy (non-hydrogen) atoms. The highest BCUT2D eigenvalue weighted by Crippen LogP contribution is 2.52. The van der Waals surface area contributed by atoms with Gasteiger partial charge in [-0.05, 0) is 112 Å². The molecule has 0 aromatic carbocycles. The minimum Gasteiger partial charge on any atom is -0.312 e. The Morgan fingerprint density at radius 2 is 1.04 bits per heavy atom. The first-order valence-electron chi connectivity index (χ1n) is 17.2. The van der Waals surface area contributed by atoms with E-state index in [9.17, 15) is 0 Å². The summed E-state index contributed by atoms with van der Waals surface area (Å²) in [5, 5.41) is 15.4. The monoisotopic (exact) mass is 598 g/mol. The summed E-state index contributed by atoms with van der Waals surface area (Å²) >= 11 is 0. The summed E-state index contributed by atoms with van der Waals surface area (Å²) in [5.74, 6) is 1.59. The van der Waals surface area contributed by atoms with Gasteiger partial charge in [0.25, 0.3) is 0 Å². The lowest BCUT2D eigenvalue weighted by Gasteiger charge is -2.42. The van der Waals surface area contributed by atoms with Crippen LogP contribution in [0.1, 0.15) is 44.9 Å². The first-order valence-corrected chi connectivity index (χ1v) is 17.2. The van der Waals surface area contributed by atoms with Gasteiger partial charge in [0, 0.05) is 42.0 Å². The van der Waals surface area contributed by atoms with E-state index in [2.05, 4.69) is 115 Å². The molecule has 2 nitrogen and oxygen atoms in total. The topological polar surface area (TPSA) is 47.7 Å². The summed E-state index contributed by atoms with van der Waals surface area (Å²) < 4.78 is 0. The van der Waals surface area contributed by atoms with E-state index in [0.29, 0.717) is 23.7 Å². The number of hydrogen-bond acceptors (Lipinski definition) is 2. The third kappa shape index (κ3) is 5.24. The lowest BCUT2D eigenvalue weighted by atomic mass is 9.61. The quantitative estimate of drug-likeness (QED) is 0.286. The lowest BCUT2D eigenvalue weighted by molar-refractivity contribution is 0.534. The van der Waals surface area contributed by atoms with Crippen molar-refractivity contribution in [1.82, 2.24) is 0 Å². The van der Waals surface area contributed by atoms with E-state index in [0.717, 1.165) is 50.5 Å². The number of allylic oxidation sites excluding steroid dienone is 30. The number of nitrogens with one attached hydrogen (secondary N) is 2. The third-order valence-corrected chi connectivity index (χ3v) is 11.0. The zero-order valence-corrected chi connectivity index (χ0v) is 26.5. The Morgan fingerprint density at radius 1 is 0.522 bits per heavy atom. The van der Waals surface area contributed by atoms with Crippen LogP contribution in [0.15, 0.2) is 177 Å². The average molecular weight is 599 g/mol. The highest BCUT2D eigenvalue weighted by atomic mass is 14.4. The molecule has 0 aromatic rings. The van der Waals surface area contributed by atoms with Crippen LogP contribution in [0.2, 0.25) is 0 Å². The average Bonchev–Trinajstić information content (AvgIpc) is 3.14. The second-order valence-electron chi connectivity index (χ2n) is 13.6. The summed E-state index contributed by atoms with van der Waals surface area (Å²) in [7, 11) is 0. The lowest BCUT2D eigenvalue weighted by Crippen LogP contribution is -2.31. The van der Waals surface area contributed by atoms with E-state index in [1.807, 2.05) is 0 Å².